The predicted octanol–water partition coefficient (Wildman–Crippen LogP) is 3.03. The molecule has 1 atom stereocenters. The van der Waals surface area contributed by atoms with E-state index in [-0.39, 0.29) is 21.9 Å². The average molecular weight is 436 g/mol. The molecule has 0 bridgehead atoms. The molecule has 154 valence electrons. The molecule has 0 aliphatic rings. The molecule has 2 N–H and O–H groups in total. The van der Waals surface area contributed by atoms with Gasteiger partial charge in [-0.25, -0.2) is 13.4 Å². The summed E-state index contributed by atoms with van der Waals surface area (Å²) in [5.41, 5.74) is 0.505. The number of carbonyl (C=O) groups excluding carboxylic acids is 1. The predicted molar refractivity (Wildman–Crippen MR) is 110 cm³/mol. The lowest BCUT2D eigenvalue weighted by molar-refractivity contribution is -0.115. The van der Waals surface area contributed by atoms with Gasteiger partial charge in [0.2, 0.25) is 5.91 Å². The molecule has 1 unspecified atom stereocenters. The first-order valence-electron chi connectivity index (χ1n) is 8.79. The minimum absolute atomic E-state index is 0.0468. The monoisotopic (exact) mass is 435 g/mol. The Kier molecular flexibility index (Phi) is 6.28. The van der Waals surface area contributed by atoms with Crippen molar-refractivity contribution < 1.29 is 17.7 Å². The number of anilines is 2. The highest BCUT2D eigenvalue weighted by molar-refractivity contribution is 8.00. The van der Waals surface area contributed by atoms with Gasteiger partial charge in [-0.15, -0.1) is 0 Å². The van der Waals surface area contributed by atoms with Crippen LogP contribution in [0.5, 0.6) is 0 Å². The van der Waals surface area contributed by atoms with Crippen molar-refractivity contribution in [3.63, 3.8) is 0 Å². The molecule has 9 nitrogen and oxygen atoms in total. The summed E-state index contributed by atoms with van der Waals surface area (Å²) in [6, 6.07) is 7.39. The van der Waals surface area contributed by atoms with E-state index in [1.807, 2.05) is 24.7 Å². The van der Waals surface area contributed by atoms with Crippen LogP contribution in [0.4, 0.5) is 11.5 Å². The lowest BCUT2D eigenvalue weighted by Gasteiger charge is -2.14. The number of aryl methyl sites for hydroxylation is 2. The van der Waals surface area contributed by atoms with Crippen LogP contribution in [0.3, 0.4) is 0 Å². The number of benzene rings is 1. The van der Waals surface area contributed by atoms with Crippen LogP contribution in [0.15, 0.2) is 57.3 Å². The van der Waals surface area contributed by atoms with Crippen LogP contribution in [0.25, 0.3) is 0 Å². The minimum atomic E-state index is -3.81. The summed E-state index contributed by atoms with van der Waals surface area (Å²) in [5.74, 6) is 0.430. The molecule has 0 saturated heterocycles. The maximum Gasteiger partial charge on any atom is 0.263 e. The largest absolute Gasteiger partial charge is 0.360 e. The summed E-state index contributed by atoms with van der Waals surface area (Å²) >= 11 is 1.38. The number of nitrogens with zero attached hydrogens (tertiary/aromatic N) is 3. The van der Waals surface area contributed by atoms with Crippen LogP contribution in [0, 0.1) is 6.92 Å². The number of rotatable bonds is 8. The van der Waals surface area contributed by atoms with E-state index in [2.05, 4.69) is 20.2 Å². The Bertz CT molecular complexity index is 1090. The summed E-state index contributed by atoms with van der Waals surface area (Å²) in [7, 11) is -1.94. The number of aromatic nitrogens is 3. The minimum Gasteiger partial charge on any atom is -0.360 e. The lowest BCUT2D eigenvalue weighted by atomic mass is 10.3. The van der Waals surface area contributed by atoms with Crippen molar-refractivity contribution >= 4 is 39.2 Å². The number of hydrogen-bond acceptors (Lipinski definition) is 7. The van der Waals surface area contributed by atoms with E-state index in [9.17, 15) is 13.2 Å². The van der Waals surface area contributed by atoms with Gasteiger partial charge in [0, 0.05) is 31.2 Å². The highest BCUT2D eigenvalue weighted by Gasteiger charge is 2.21. The van der Waals surface area contributed by atoms with Crippen LogP contribution in [-0.2, 0) is 21.9 Å². The molecule has 0 spiro atoms. The van der Waals surface area contributed by atoms with E-state index in [1.54, 1.807) is 25.3 Å². The average Bonchev–Trinajstić information content (AvgIpc) is 3.27. The second-order valence-corrected chi connectivity index (χ2v) is 9.13. The molecule has 0 aliphatic carbocycles. The standard InChI is InChI=1S/C18H21N5O4S2/c1-4-15(28-18-19-9-10-23(18)3)17(24)20-13-5-7-14(8-6-13)29(25,26)22-16-11-12(2)27-21-16/h5-11,15H,4H2,1-3H3,(H,20,24)(H,21,22). The number of hydrogen-bond donors (Lipinski definition) is 2. The molecule has 2 aromatic heterocycles. The van der Waals surface area contributed by atoms with Crippen molar-refractivity contribution in [2.75, 3.05) is 10.0 Å². The number of nitrogens with one attached hydrogen (secondary N) is 2. The molecule has 1 aromatic carbocycles. The smallest absolute Gasteiger partial charge is 0.263 e. The summed E-state index contributed by atoms with van der Waals surface area (Å²) < 4.78 is 33.9. The molecule has 1 amide bonds. The number of carbonyl (C=O) groups is 1. The van der Waals surface area contributed by atoms with Crippen LogP contribution in [0.1, 0.15) is 19.1 Å². The number of amides is 1. The van der Waals surface area contributed by atoms with Gasteiger partial charge in [0.05, 0.1) is 10.1 Å². The highest BCUT2D eigenvalue weighted by atomic mass is 32.2. The first kappa shape index (κ1) is 20.9. The zero-order valence-corrected chi connectivity index (χ0v) is 17.8. The summed E-state index contributed by atoms with van der Waals surface area (Å²) in [5, 5.41) is 6.86. The Morgan fingerprint density at radius 2 is 2.03 bits per heavy atom. The van der Waals surface area contributed by atoms with Gasteiger partial charge in [0.15, 0.2) is 11.0 Å². The fraction of sp³-hybridized carbons (Fsp3) is 0.278. The SMILES string of the molecule is CCC(Sc1nccn1C)C(=O)Nc1ccc(S(=O)(=O)Nc2cc(C)on2)cc1. The second kappa shape index (κ2) is 8.70. The normalized spacial score (nSPS) is 12.5. The maximum atomic E-state index is 12.6. The Hall–Kier alpha value is -2.79. The maximum absolute atomic E-state index is 12.6. The number of sulfonamides is 1. The van der Waals surface area contributed by atoms with E-state index in [0.717, 1.165) is 5.16 Å². The molecule has 0 saturated carbocycles. The van der Waals surface area contributed by atoms with Crippen molar-refractivity contribution in [3.8, 4) is 0 Å². The van der Waals surface area contributed by atoms with Gasteiger partial charge < -0.3 is 14.4 Å². The Balaban J connectivity index is 1.66. The molecule has 2 heterocycles. The molecule has 3 aromatic rings. The third-order valence-electron chi connectivity index (χ3n) is 3.99. The van der Waals surface area contributed by atoms with Crippen molar-refractivity contribution in [1.29, 1.82) is 0 Å². The van der Waals surface area contributed by atoms with E-state index in [0.29, 0.717) is 17.9 Å². The molecular weight excluding hydrogens is 414 g/mol. The van der Waals surface area contributed by atoms with Crippen LogP contribution >= 0.6 is 11.8 Å². The topological polar surface area (TPSA) is 119 Å². The highest BCUT2D eigenvalue weighted by Crippen LogP contribution is 2.25. The van der Waals surface area contributed by atoms with Crippen LogP contribution in [-0.4, -0.2) is 34.3 Å². The fourth-order valence-electron chi connectivity index (χ4n) is 2.47. The van der Waals surface area contributed by atoms with Gasteiger partial charge >= 0.3 is 0 Å². The van der Waals surface area contributed by atoms with Gasteiger partial charge in [-0.1, -0.05) is 23.8 Å². The van der Waals surface area contributed by atoms with Crippen molar-refractivity contribution in [3.05, 3.63) is 48.5 Å². The van der Waals surface area contributed by atoms with E-state index in [1.165, 1.54) is 30.0 Å². The van der Waals surface area contributed by atoms with Gasteiger partial charge in [0.25, 0.3) is 10.0 Å². The molecule has 29 heavy (non-hydrogen) atoms. The van der Waals surface area contributed by atoms with Crippen LogP contribution < -0.4 is 10.0 Å². The fourth-order valence-corrected chi connectivity index (χ4v) is 4.39. The third kappa shape index (κ3) is 5.18. The molecular formula is C18H21N5O4S2. The van der Waals surface area contributed by atoms with Gasteiger partial charge in [-0.2, -0.15) is 0 Å². The summed E-state index contributed by atoms with van der Waals surface area (Å²) in [6.45, 7) is 3.59. The Morgan fingerprint density at radius 1 is 1.31 bits per heavy atom. The zero-order chi connectivity index (χ0) is 21.0. The van der Waals surface area contributed by atoms with Crippen LogP contribution in [0.2, 0.25) is 0 Å². The molecule has 0 radical (unpaired) electrons. The van der Waals surface area contributed by atoms with Crippen molar-refractivity contribution in [1.82, 2.24) is 14.7 Å². The third-order valence-corrected chi connectivity index (χ3v) is 6.79. The zero-order valence-electron chi connectivity index (χ0n) is 16.1. The Labute approximate surface area is 172 Å². The number of thioether (sulfide) groups is 1. The van der Waals surface area contributed by atoms with Gasteiger partial charge in [-0.05, 0) is 37.6 Å². The second-order valence-electron chi connectivity index (χ2n) is 6.28. The quantitative estimate of drug-likeness (QED) is 0.522. The first-order valence-corrected chi connectivity index (χ1v) is 11.2. The van der Waals surface area contributed by atoms with Crippen molar-refractivity contribution in [2.24, 2.45) is 7.05 Å². The molecule has 0 fully saturated rings. The summed E-state index contributed by atoms with van der Waals surface area (Å²) in [6.07, 6.45) is 4.12. The molecule has 11 heteroatoms. The van der Waals surface area contributed by atoms with E-state index < -0.39 is 10.0 Å². The molecule has 0 aliphatic heterocycles. The van der Waals surface area contributed by atoms with E-state index >= 15 is 0 Å². The number of imidazole rings is 1. The lowest BCUT2D eigenvalue weighted by Crippen LogP contribution is -2.25. The Morgan fingerprint density at radius 3 is 2.59 bits per heavy atom. The van der Waals surface area contributed by atoms with Gasteiger partial charge in [-0.3, -0.25) is 9.52 Å². The van der Waals surface area contributed by atoms with Crippen molar-refractivity contribution in [2.45, 2.75) is 35.6 Å². The molecule has 3 rings (SSSR count). The van der Waals surface area contributed by atoms with Gasteiger partial charge in [0.1, 0.15) is 5.76 Å². The van der Waals surface area contributed by atoms with E-state index in [4.69, 9.17) is 4.52 Å². The first-order chi connectivity index (χ1) is 13.8. The summed E-state index contributed by atoms with van der Waals surface area (Å²) in [4.78, 5) is 16.9.